The van der Waals surface area contributed by atoms with Crippen molar-refractivity contribution in [2.45, 2.75) is 26.9 Å². The molecule has 1 amide bonds. The number of carbonyl (C=O) groups excluding carboxylic acids is 2. The molecule has 1 atom stereocenters. The maximum Gasteiger partial charge on any atom is 0.331 e. The lowest BCUT2D eigenvalue weighted by molar-refractivity contribution is -0.384. The number of benzene rings is 1. The van der Waals surface area contributed by atoms with Crippen molar-refractivity contribution in [3.63, 3.8) is 0 Å². The summed E-state index contributed by atoms with van der Waals surface area (Å²) in [5.74, 6) is -1.21. The Bertz CT molecular complexity index is 916. The molecule has 1 aromatic heterocycles. The van der Waals surface area contributed by atoms with E-state index in [1.807, 2.05) is 6.92 Å². The first-order valence-corrected chi connectivity index (χ1v) is 8.13. The van der Waals surface area contributed by atoms with Crippen LogP contribution in [0.5, 0.6) is 0 Å². The zero-order chi connectivity index (χ0) is 20.1. The van der Waals surface area contributed by atoms with Crippen molar-refractivity contribution in [2.75, 3.05) is 5.32 Å². The van der Waals surface area contributed by atoms with E-state index in [0.29, 0.717) is 16.9 Å². The Morgan fingerprint density at radius 1 is 1.37 bits per heavy atom. The number of anilines is 1. The second-order valence-electron chi connectivity index (χ2n) is 5.92. The van der Waals surface area contributed by atoms with E-state index in [4.69, 9.17) is 4.74 Å². The number of rotatable bonds is 6. The second-order valence-corrected chi connectivity index (χ2v) is 5.92. The average molecular weight is 372 g/mol. The monoisotopic (exact) mass is 372 g/mol. The van der Waals surface area contributed by atoms with Crippen molar-refractivity contribution in [1.82, 2.24) is 9.78 Å². The average Bonchev–Trinajstić information content (AvgIpc) is 2.86. The third-order valence-corrected chi connectivity index (χ3v) is 3.91. The molecular weight excluding hydrogens is 352 g/mol. The number of carbonyl (C=O) groups is 2. The molecule has 142 valence electrons. The van der Waals surface area contributed by atoms with Crippen LogP contribution in [-0.2, 0) is 21.4 Å². The molecule has 0 fully saturated rings. The molecule has 9 nitrogen and oxygen atoms in total. The van der Waals surface area contributed by atoms with Crippen molar-refractivity contribution in [2.24, 2.45) is 7.05 Å². The molecule has 0 spiro atoms. The maximum atomic E-state index is 12.2. The minimum absolute atomic E-state index is 0.0829. The summed E-state index contributed by atoms with van der Waals surface area (Å²) in [7, 11) is 1.76. The molecule has 0 unspecified atom stereocenters. The number of nitro benzene ring substituents is 1. The van der Waals surface area contributed by atoms with Crippen molar-refractivity contribution in [3.05, 3.63) is 57.4 Å². The van der Waals surface area contributed by atoms with Crippen molar-refractivity contribution in [1.29, 1.82) is 0 Å². The van der Waals surface area contributed by atoms with E-state index in [2.05, 4.69) is 10.4 Å². The molecule has 0 aliphatic rings. The minimum Gasteiger partial charge on any atom is -0.449 e. The van der Waals surface area contributed by atoms with E-state index in [1.54, 1.807) is 24.7 Å². The summed E-state index contributed by atoms with van der Waals surface area (Å²) in [6.07, 6.45) is 1.48. The van der Waals surface area contributed by atoms with E-state index in [-0.39, 0.29) is 5.69 Å². The quantitative estimate of drug-likeness (QED) is 0.360. The molecule has 1 heterocycles. The van der Waals surface area contributed by atoms with Crippen LogP contribution >= 0.6 is 0 Å². The number of non-ortho nitro benzene ring substituents is 1. The summed E-state index contributed by atoms with van der Waals surface area (Å²) in [4.78, 5) is 34.4. The molecule has 2 aromatic rings. The van der Waals surface area contributed by atoms with Gasteiger partial charge < -0.3 is 10.1 Å². The standard InChI is InChI=1S/C18H20N4O5/c1-11-17(12(2)21(4)20-11)19-18(24)13(3)27-16(23)9-8-14-6-5-7-15(10-14)22(25)26/h5-10,13H,1-4H3,(H,19,24)/b9-8+/t13-/m0/s1. The number of aryl methyl sites for hydroxylation is 2. The fourth-order valence-corrected chi connectivity index (χ4v) is 2.35. The molecule has 27 heavy (non-hydrogen) atoms. The van der Waals surface area contributed by atoms with E-state index in [0.717, 1.165) is 11.8 Å². The number of amides is 1. The summed E-state index contributed by atoms with van der Waals surface area (Å²) >= 11 is 0. The molecule has 0 aliphatic carbocycles. The first kappa shape index (κ1) is 19.8. The third kappa shape index (κ3) is 5.00. The maximum absolute atomic E-state index is 12.2. The van der Waals surface area contributed by atoms with Crippen LogP contribution in [0.1, 0.15) is 23.9 Å². The van der Waals surface area contributed by atoms with Crippen LogP contribution in [0.25, 0.3) is 6.08 Å². The Morgan fingerprint density at radius 2 is 2.07 bits per heavy atom. The van der Waals surface area contributed by atoms with E-state index >= 15 is 0 Å². The highest BCUT2D eigenvalue weighted by molar-refractivity contribution is 5.97. The topological polar surface area (TPSA) is 116 Å². The van der Waals surface area contributed by atoms with Gasteiger partial charge in [-0.3, -0.25) is 19.6 Å². The number of hydrogen-bond donors (Lipinski definition) is 1. The van der Waals surface area contributed by atoms with Crippen LogP contribution in [0, 0.1) is 24.0 Å². The largest absolute Gasteiger partial charge is 0.449 e. The number of nitro groups is 1. The molecule has 0 saturated heterocycles. The second kappa shape index (κ2) is 8.26. The number of nitrogens with zero attached hydrogens (tertiary/aromatic N) is 3. The fraction of sp³-hybridized carbons (Fsp3) is 0.278. The zero-order valence-electron chi connectivity index (χ0n) is 15.4. The molecule has 0 bridgehead atoms. The van der Waals surface area contributed by atoms with E-state index < -0.39 is 22.9 Å². The van der Waals surface area contributed by atoms with Gasteiger partial charge in [0.05, 0.1) is 22.0 Å². The molecule has 9 heteroatoms. The Kier molecular flexibility index (Phi) is 6.07. The molecule has 0 saturated carbocycles. The SMILES string of the molecule is Cc1nn(C)c(C)c1NC(=O)[C@H](C)OC(=O)/C=C/c1cccc([N+](=O)[O-])c1. The number of aromatic nitrogens is 2. The summed E-state index contributed by atoms with van der Waals surface area (Å²) in [6, 6.07) is 5.80. The number of hydrogen-bond acceptors (Lipinski definition) is 6. The first-order valence-electron chi connectivity index (χ1n) is 8.13. The van der Waals surface area contributed by atoms with Gasteiger partial charge in [-0.15, -0.1) is 0 Å². The van der Waals surface area contributed by atoms with Gasteiger partial charge in [0, 0.05) is 25.3 Å². The van der Waals surface area contributed by atoms with Crippen molar-refractivity contribution >= 4 is 29.3 Å². The predicted molar refractivity (Wildman–Crippen MR) is 99.0 cm³/mol. The van der Waals surface area contributed by atoms with Gasteiger partial charge in [0.25, 0.3) is 11.6 Å². The predicted octanol–water partition coefficient (Wildman–Crippen LogP) is 2.53. The lowest BCUT2D eigenvalue weighted by Gasteiger charge is -2.12. The van der Waals surface area contributed by atoms with Crippen LogP contribution < -0.4 is 5.32 Å². The summed E-state index contributed by atoms with van der Waals surface area (Å²) < 4.78 is 6.71. The minimum atomic E-state index is -1.02. The van der Waals surface area contributed by atoms with Gasteiger partial charge in [0.15, 0.2) is 6.10 Å². The normalized spacial score (nSPS) is 12.0. The van der Waals surface area contributed by atoms with Gasteiger partial charge in [-0.25, -0.2) is 4.79 Å². The number of esters is 1. The zero-order valence-corrected chi connectivity index (χ0v) is 15.4. The van der Waals surface area contributed by atoms with Gasteiger partial charge in [-0.1, -0.05) is 12.1 Å². The fourth-order valence-electron chi connectivity index (χ4n) is 2.35. The summed E-state index contributed by atoms with van der Waals surface area (Å²) in [6.45, 7) is 5.03. The Morgan fingerprint density at radius 3 is 2.67 bits per heavy atom. The third-order valence-electron chi connectivity index (χ3n) is 3.91. The smallest absolute Gasteiger partial charge is 0.331 e. The summed E-state index contributed by atoms with van der Waals surface area (Å²) in [5.41, 5.74) is 2.41. The molecule has 0 aliphatic heterocycles. The van der Waals surface area contributed by atoms with Crippen LogP contribution in [0.2, 0.25) is 0 Å². The Labute approximate surface area is 155 Å². The highest BCUT2D eigenvalue weighted by Gasteiger charge is 2.20. The van der Waals surface area contributed by atoms with Gasteiger partial charge in [-0.05, 0) is 32.4 Å². The Balaban J connectivity index is 1.97. The highest BCUT2D eigenvalue weighted by atomic mass is 16.6. The number of nitrogens with one attached hydrogen (secondary N) is 1. The highest BCUT2D eigenvalue weighted by Crippen LogP contribution is 2.19. The number of ether oxygens (including phenoxy) is 1. The molecule has 1 aromatic carbocycles. The van der Waals surface area contributed by atoms with Crippen LogP contribution in [0.4, 0.5) is 11.4 Å². The lowest BCUT2D eigenvalue weighted by Crippen LogP contribution is -2.29. The van der Waals surface area contributed by atoms with Crippen LogP contribution in [0.15, 0.2) is 30.3 Å². The molecule has 2 rings (SSSR count). The van der Waals surface area contributed by atoms with Crippen molar-refractivity contribution < 1.29 is 19.2 Å². The first-order chi connectivity index (χ1) is 12.7. The molecular formula is C18H20N4O5. The van der Waals surface area contributed by atoms with E-state index in [9.17, 15) is 19.7 Å². The van der Waals surface area contributed by atoms with Crippen molar-refractivity contribution in [3.8, 4) is 0 Å². The van der Waals surface area contributed by atoms with Gasteiger partial charge in [0.2, 0.25) is 0 Å². The summed E-state index contributed by atoms with van der Waals surface area (Å²) in [5, 5.41) is 17.7. The molecule has 0 radical (unpaired) electrons. The van der Waals surface area contributed by atoms with Gasteiger partial charge >= 0.3 is 5.97 Å². The van der Waals surface area contributed by atoms with Gasteiger partial charge in [-0.2, -0.15) is 5.10 Å². The van der Waals surface area contributed by atoms with Gasteiger partial charge in [0.1, 0.15) is 0 Å². The Hall–Kier alpha value is -3.49. The lowest BCUT2D eigenvalue weighted by atomic mass is 10.2. The van der Waals surface area contributed by atoms with E-state index in [1.165, 1.54) is 31.2 Å². The molecule has 1 N–H and O–H groups in total. The van der Waals surface area contributed by atoms with Crippen LogP contribution in [-0.4, -0.2) is 32.7 Å². The van der Waals surface area contributed by atoms with Crippen LogP contribution in [0.3, 0.4) is 0 Å².